The number of carbonyl (C=O) groups excluding carboxylic acids is 2. The van der Waals surface area contributed by atoms with Crippen LogP contribution in [0.4, 0.5) is 5.69 Å². The highest BCUT2D eigenvalue weighted by molar-refractivity contribution is 6.05. The van der Waals surface area contributed by atoms with Crippen molar-refractivity contribution >= 4 is 23.2 Å². The van der Waals surface area contributed by atoms with Gasteiger partial charge in [0, 0.05) is 16.8 Å². The van der Waals surface area contributed by atoms with Crippen LogP contribution in [0.15, 0.2) is 83.5 Å². The molecule has 2 aromatic carbocycles. The van der Waals surface area contributed by atoms with Crippen molar-refractivity contribution in [3.05, 3.63) is 89.5 Å². The van der Waals surface area contributed by atoms with Gasteiger partial charge < -0.3 is 5.32 Å². The van der Waals surface area contributed by atoms with Crippen molar-refractivity contribution in [2.24, 2.45) is 11.0 Å². The van der Waals surface area contributed by atoms with Crippen LogP contribution >= 0.6 is 0 Å². The van der Waals surface area contributed by atoms with Crippen LogP contribution in [-0.2, 0) is 0 Å². The zero-order valence-corrected chi connectivity index (χ0v) is 16.7. The van der Waals surface area contributed by atoms with Crippen LogP contribution in [-0.4, -0.2) is 17.5 Å². The van der Waals surface area contributed by atoms with Crippen molar-refractivity contribution in [2.75, 3.05) is 5.32 Å². The van der Waals surface area contributed by atoms with E-state index in [1.165, 1.54) is 0 Å². The van der Waals surface area contributed by atoms with E-state index in [4.69, 9.17) is 0 Å². The van der Waals surface area contributed by atoms with E-state index in [2.05, 4.69) is 28.5 Å². The molecule has 0 saturated carbocycles. The highest BCUT2D eigenvalue weighted by Gasteiger charge is 2.19. The fourth-order valence-corrected chi connectivity index (χ4v) is 3.10. The fourth-order valence-electron chi connectivity index (χ4n) is 3.10. The number of benzene rings is 2. The first-order valence-electron chi connectivity index (χ1n) is 9.60. The van der Waals surface area contributed by atoms with Crippen LogP contribution in [0.5, 0.6) is 0 Å². The van der Waals surface area contributed by atoms with E-state index in [9.17, 15) is 9.59 Å². The van der Waals surface area contributed by atoms with Crippen LogP contribution < -0.4 is 10.7 Å². The molecule has 0 aromatic heterocycles. The van der Waals surface area contributed by atoms with Crippen LogP contribution in [0.1, 0.15) is 47.4 Å². The van der Waals surface area contributed by atoms with E-state index < -0.39 is 0 Å². The standard InChI is InChI=1S/C24H25N3O2/c1-16(2)20-10-9-17(3)22(15-20)26-27-24(29)19-11-13-21(14-12-19)25-23(28)18-7-5-4-6-8-18/h4-9,11-14,20H,1,10,15H2,2-3H3,(H,25,28)(H,27,29). The molecule has 2 amide bonds. The number of hydrogen-bond acceptors (Lipinski definition) is 3. The van der Waals surface area contributed by atoms with E-state index in [0.717, 1.165) is 29.7 Å². The monoisotopic (exact) mass is 387 g/mol. The largest absolute Gasteiger partial charge is 0.322 e. The number of rotatable bonds is 5. The second kappa shape index (κ2) is 9.15. The van der Waals surface area contributed by atoms with E-state index in [-0.39, 0.29) is 11.8 Å². The van der Waals surface area contributed by atoms with E-state index >= 15 is 0 Å². The molecule has 0 bridgehead atoms. The maximum atomic E-state index is 12.4. The number of nitrogens with zero attached hydrogens (tertiary/aromatic N) is 1. The van der Waals surface area contributed by atoms with Gasteiger partial charge in [-0.2, -0.15) is 5.10 Å². The third kappa shape index (κ3) is 5.29. The Bertz CT molecular complexity index is 973. The smallest absolute Gasteiger partial charge is 0.271 e. The molecule has 29 heavy (non-hydrogen) atoms. The van der Waals surface area contributed by atoms with Gasteiger partial charge in [-0.25, -0.2) is 5.43 Å². The lowest BCUT2D eigenvalue weighted by Gasteiger charge is -2.22. The summed E-state index contributed by atoms with van der Waals surface area (Å²) in [5.74, 6) is -0.119. The number of carbonyl (C=O) groups is 2. The van der Waals surface area contributed by atoms with Gasteiger partial charge in [-0.15, -0.1) is 0 Å². The van der Waals surface area contributed by atoms with Crippen LogP contribution in [0.3, 0.4) is 0 Å². The van der Waals surface area contributed by atoms with Crippen LogP contribution in [0.25, 0.3) is 0 Å². The molecule has 5 heteroatoms. The molecule has 1 atom stereocenters. The predicted octanol–water partition coefficient (Wildman–Crippen LogP) is 4.96. The number of hydrazone groups is 1. The molecule has 1 aliphatic carbocycles. The minimum Gasteiger partial charge on any atom is -0.322 e. The molecule has 0 fully saturated rings. The highest BCUT2D eigenvalue weighted by atomic mass is 16.2. The van der Waals surface area contributed by atoms with Gasteiger partial charge in [-0.1, -0.05) is 36.4 Å². The molecular weight excluding hydrogens is 362 g/mol. The van der Waals surface area contributed by atoms with Gasteiger partial charge in [0.25, 0.3) is 11.8 Å². The Morgan fingerprint density at radius 2 is 1.66 bits per heavy atom. The van der Waals surface area contributed by atoms with Gasteiger partial charge in [-0.05, 0) is 74.6 Å². The first kappa shape index (κ1) is 20.3. The van der Waals surface area contributed by atoms with Crippen LogP contribution in [0, 0.1) is 5.92 Å². The Morgan fingerprint density at radius 3 is 2.31 bits per heavy atom. The predicted molar refractivity (Wildman–Crippen MR) is 117 cm³/mol. The summed E-state index contributed by atoms with van der Waals surface area (Å²) in [6.45, 7) is 8.05. The van der Waals surface area contributed by atoms with Gasteiger partial charge in [0.15, 0.2) is 0 Å². The fraction of sp³-hybridized carbons (Fsp3) is 0.208. The van der Waals surface area contributed by atoms with Gasteiger partial charge in [0.1, 0.15) is 0 Å². The van der Waals surface area contributed by atoms with Crippen molar-refractivity contribution in [1.82, 2.24) is 5.43 Å². The molecule has 0 saturated heterocycles. The highest BCUT2D eigenvalue weighted by Crippen LogP contribution is 2.26. The van der Waals surface area contributed by atoms with E-state index in [0.29, 0.717) is 22.7 Å². The average molecular weight is 387 g/mol. The molecule has 0 radical (unpaired) electrons. The Hall–Kier alpha value is -3.47. The summed E-state index contributed by atoms with van der Waals surface area (Å²) in [6.07, 6.45) is 3.88. The molecule has 0 spiro atoms. The lowest BCUT2D eigenvalue weighted by Crippen LogP contribution is -2.23. The zero-order valence-electron chi connectivity index (χ0n) is 16.7. The first-order chi connectivity index (χ1) is 13.9. The molecule has 2 N–H and O–H groups in total. The number of nitrogens with one attached hydrogen (secondary N) is 2. The first-order valence-corrected chi connectivity index (χ1v) is 9.60. The van der Waals surface area contributed by atoms with Crippen molar-refractivity contribution in [1.29, 1.82) is 0 Å². The molecule has 3 rings (SSSR count). The molecule has 5 nitrogen and oxygen atoms in total. The molecule has 1 unspecified atom stereocenters. The van der Waals surface area contributed by atoms with Crippen molar-refractivity contribution in [2.45, 2.75) is 26.7 Å². The normalized spacial score (nSPS) is 17.4. The summed E-state index contributed by atoms with van der Waals surface area (Å²) in [5, 5.41) is 7.14. The second-order valence-corrected chi connectivity index (χ2v) is 7.27. The topological polar surface area (TPSA) is 70.6 Å². The summed E-state index contributed by atoms with van der Waals surface area (Å²) in [5.41, 5.74) is 7.40. The maximum Gasteiger partial charge on any atom is 0.271 e. The number of hydrogen-bond donors (Lipinski definition) is 2. The van der Waals surface area contributed by atoms with Gasteiger partial charge in [-0.3, -0.25) is 9.59 Å². The Morgan fingerprint density at radius 1 is 1.00 bits per heavy atom. The Kier molecular flexibility index (Phi) is 6.39. The van der Waals surface area contributed by atoms with Gasteiger partial charge in [0.2, 0.25) is 0 Å². The lowest BCUT2D eigenvalue weighted by atomic mass is 9.85. The summed E-state index contributed by atoms with van der Waals surface area (Å²) in [6, 6.07) is 15.7. The molecule has 148 valence electrons. The third-order valence-electron chi connectivity index (χ3n) is 5.03. The van der Waals surface area contributed by atoms with Crippen molar-refractivity contribution in [3.8, 4) is 0 Å². The van der Waals surface area contributed by atoms with Crippen LogP contribution in [0.2, 0.25) is 0 Å². The minimum atomic E-state index is -0.288. The molecule has 0 heterocycles. The van der Waals surface area contributed by atoms with E-state index in [1.807, 2.05) is 32.0 Å². The van der Waals surface area contributed by atoms with E-state index in [1.54, 1.807) is 36.4 Å². The number of amides is 2. The summed E-state index contributed by atoms with van der Waals surface area (Å²) >= 11 is 0. The zero-order chi connectivity index (χ0) is 20.8. The third-order valence-corrected chi connectivity index (χ3v) is 5.03. The Balaban J connectivity index is 1.62. The lowest BCUT2D eigenvalue weighted by molar-refractivity contribution is 0.0954. The molecule has 2 aromatic rings. The molecular formula is C24H25N3O2. The minimum absolute atomic E-state index is 0.194. The van der Waals surface area contributed by atoms with Gasteiger partial charge >= 0.3 is 0 Å². The average Bonchev–Trinajstić information content (AvgIpc) is 2.74. The molecule has 1 aliphatic rings. The Labute approximate surface area is 171 Å². The maximum absolute atomic E-state index is 12.4. The molecule has 0 aliphatic heterocycles. The summed E-state index contributed by atoms with van der Waals surface area (Å²) in [4.78, 5) is 24.6. The van der Waals surface area contributed by atoms with Crippen molar-refractivity contribution in [3.63, 3.8) is 0 Å². The SMILES string of the molecule is C=C(C)C1CC=C(C)C(=NNC(=O)c2ccc(NC(=O)c3ccccc3)cc2)C1. The summed E-state index contributed by atoms with van der Waals surface area (Å²) in [7, 11) is 0. The van der Waals surface area contributed by atoms with Gasteiger partial charge in [0.05, 0.1) is 5.71 Å². The quantitative estimate of drug-likeness (QED) is 0.562. The summed E-state index contributed by atoms with van der Waals surface area (Å²) < 4.78 is 0. The number of allylic oxidation sites excluding steroid dienone is 3. The van der Waals surface area contributed by atoms with Crippen molar-refractivity contribution < 1.29 is 9.59 Å². The second-order valence-electron chi connectivity index (χ2n) is 7.27. The number of anilines is 1.